The maximum Gasteiger partial charge on any atom is 0.231 e. The summed E-state index contributed by atoms with van der Waals surface area (Å²) in [6.45, 7) is 3.44. The zero-order chi connectivity index (χ0) is 14.8. The van der Waals surface area contributed by atoms with Gasteiger partial charge in [0.1, 0.15) is 18.3 Å². The molecule has 0 aliphatic rings. The number of rotatable bonds is 4. The number of carbonyl (C=O) groups is 1. The Morgan fingerprint density at radius 1 is 1.50 bits per heavy atom. The SMILES string of the molecule is CC(C)(CCl)C(=O)Nc1ccc(-n2cncn2)c(F)c1. The summed E-state index contributed by atoms with van der Waals surface area (Å²) in [6.07, 6.45) is 2.71. The van der Waals surface area contributed by atoms with Crippen molar-refractivity contribution in [1.29, 1.82) is 0 Å². The highest BCUT2D eigenvalue weighted by Gasteiger charge is 2.26. The molecule has 0 saturated carbocycles. The number of benzene rings is 1. The van der Waals surface area contributed by atoms with Crippen molar-refractivity contribution < 1.29 is 9.18 Å². The zero-order valence-corrected chi connectivity index (χ0v) is 11.9. The van der Waals surface area contributed by atoms with Crippen molar-refractivity contribution >= 4 is 23.2 Å². The number of hydrogen-bond donors (Lipinski definition) is 1. The Balaban J connectivity index is 2.20. The van der Waals surface area contributed by atoms with Crippen LogP contribution in [-0.4, -0.2) is 26.6 Å². The van der Waals surface area contributed by atoms with E-state index in [0.29, 0.717) is 5.69 Å². The molecule has 0 aliphatic carbocycles. The normalized spacial score (nSPS) is 11.4. The first kappa shape index (κ1) is 14.5. The molecular weight excluding hydrogens is 283 g/mol. The van der Waals surface area contributed by atoms with Gasteiger partial charge in [-0.1, -0.05) is 0 Å². The number of aromatic nitrogens is 3. The van der Waals surface area contributed by atoms with Crippen LogP contribution >= 0.6 is 11.6 Å². The standard InChI is InChI=1S/C13H14ClFN4O/c1-13(2,6-14)12(20)18-9-3-4-11(10(15)5-9)19-8-16-7-17-19/h3-5,7-8H,6H2,1-2H3,(H,18,20). The van der Waals surface area contributed by atoms with Crippen molar-refractivity contribution in [3.8, 4) is 5.69 Å². The lowest BCUT2D eigenvalue weighted by Gasteiger charge is -2.20. The van der Waals surface area contributed by atoms with E-state index < -0.39 is 11.2 Å². The number of alkyl halides is 1. The van der Waals surface area contributed by atoms with Gasteiger partial charge in [-0.15, -0.1) is 11.6 Å². The van der Waals surface area contributed by atoms with E-state index >= 15 is 0 Å². The van der Waals surface area contributed by atoms with Gasteiger partial charge in [0.25, 0.3) is 0 Å². The number of amides is 1. The van der Waals surface area contributed by atoms with Crippen LogP contribution in [0.5, 0.6) is 0 Å². The Bertz CT molecular complexity index is 613. The highest BCUT2D eigenvalue weighted by atomic mass is 35.5. The number of nitrogens with one attached hydrogen (secondary N) is 1. The number of halogens is 2. The van der Waals surface area contributed by atoms with E-state index in [-0.39, 0.29) is 17.5 Å². The van der Waals surface area contributed by atoms with Gasteiger partial charge in [0.2, 0.25) is 5.91 Å². The van der Waals surface area contributed by atoms with Crippen molar-refractivity contribution in [3.63, 3.8) is 0 Å². The lowest BCUT2D eigenvalue weighted by Crippen LogP contribution is -2.32. The van der Waals surface area contributed by atoms with Gasteiger partial charge in [-0.05, 0) is 32.0 Å². The molecular formula is C13H14ClFN4O. The second-order valence-electron chi connectivity index (χ2n) is 4.98. The van der Waals surface area contributed by atoms with Gasteiger partial charge in [-0.3, -0.25) is 4.79 Å². The van der Waals surface area contributed by atoms with Crippen molar-refractivity contribution in [2.75, 3.05) is 11.2 Å². The molecule has 7 heteroatoms. The molecule has 0 unspecified atom stereocenters. The molecule has 0 saturated heterocycles. The molecule has 1 amide bonds. The Morgan fingerprint density at radius 3 is 2.80 bits per heavy atom. The first-order valence-electron chi connectivity index (χ1n) is 5.96. The summed E-state index contributed by atoms with van der Waals surface area (Å²) in [4.78, 5) is 15.7. The quantitative estimate of drug-likeness (QED) is 0.882. The lowest BCUT2D eigenvalue weighted by atomic mass is 9.95. The number of anilines is 1. The first-order chi connectivity index (χ1) is 9.44. The molecule has 0 radical (unpaired) electrons. The minimum absolute atomic E-state index is 0.179. The third kappa shape index (κ3) is 2.96. The third-order valence-electron chi connectivity index (χ3n) is 2.82. The van der Waals surface area contributed by atoms with E-state index in [0.717, 1.165) is 0 Å². The second-order valence-corrected chi connectivity index (χ2v) is 5.25. The fourth-order valence-electron chi connectivity index (χ4n) is 1.46. The van der Waals surface area contributed by atoms with E-state index in [1.54, 1.807) is 19.9 Å². The number of carbonyl (C=O) groups excluding carboxylic acids is 1. The molecule has 1 aromatic carbocycles. The molecule has 1 heterocycles. The van der Waals surface area contributed by atoms with Gasteiger partial charge >= 0.3 is 0 Å². The van der Waals surface area contributed by atoms with Gasteiger partial charge < -0.3 is 5.32 Å². The van der Waals surface area contributed by atoms with Crippen molar-refractivity contribution in [2.45, 2.75) is 13.8 Å². The molecule has 0 spiro atoms. The minimum atomic E-state index is -0.720. The van der Waals surface area contributed by atoms with Crippen LogP contribution in [0.25, 0.3) is 5.69 Å². The smallest absolute Gasteiger partial charge is 0.231 e. The summed E-state index contributed by atoms with van der Waals surface area (Å²) in [7, 11) is 0. The fourth-order valence-corrected chi connectivity index (χ4v) is 1.59. The predicted octanol–water partition coefficient (Wildman–Crippen LogP) is 2.61. The monoisotopic (exact) mass is 296 g/mol. The topological polar surface area (TPSA) is 59.8 Å². The molecule has 2 rings (SSSR count). The van der Waals surface area contributed by atoms with Crippen LogP contribution in [-0.2, 0) is 4.79 Å². The summed E-state index contributed by atoms with van der Waals surface area (Å²) in [6, 6.07) is 4.36. The molecule has 1 aromatic heterocycles. The van der Waals surface area contributed by atoms with Crippen LogP contribution in [0.2, 0.25) is 0 Å². The maximum atomic E-state index is 14.0. The summed E-state index contributed by atoms with van der Waals surface area (Å²) in [5.74, 6) is -0.587. The van der Waals surface area contributed by atoms with Gasteiger partial charge in [-0.2, -0.15) is 5.10 Å². The average molecular weight is 297 g/mol. The lowest BCUT2D eigenvalue weighted by molar-refractivity contribution is -0.122. The van der Waals surface area contributed by atoms with Crippen molar-refractivity contribution in [1.82, 2.24) is 14.8 Å². The highest BCUT2D eigenvalue weighted by Crippen LogP contribution is 2.22. The van der Waals surface area contributed by atoms with Gasteiger partial charge in [0, 0.05) is 11.6 Å². The molecule has 0 fully saturated rings. The summed E-state index contributed by atoms with van der Waals surface area (Å²) in [5, 5.41) is 6.49. The molecule has 0 atom stereocenters. The van der Waals surface area contributed by atoms with Crippen LogP contribution in [0.3, 0.4) is 0 Å². The van der Waals surface area contributed by atoms with Crippen LogP contribution in [0.4, 0.5) is 10.1 Å². The van der Waals surface area contributed by atoms with E-state index in [2.05, 4.69) is 15.4 Å². The van der Waals surface area contributed by atoms with Crippen LogP contribution in [0.1, 0.15) is 13.8 Å². The molecule has 0 aliphatic heterocycles. The fraction of sp³-hybridized carbons (Fsp3) is 0.308. The van der Waals surface area contributed by atoms with E-state index in [1.807, 2.05) is 0 Å². The van der Waals surface area contributed by atoms with Crippen molar-refractivity contribution in [2.24, 2.45) is 5.41 Å². The van der Waals surface area contributed by atoms with Crippen LogP contribution < -0.4 is 5.32 Å². The van der Waals surface area contributed by atoms with Crippen LogP contribution in [0, 0.1) is 11.2 Å². The van der Waals surface area contributed by atoms with Crippen LogP contribution in [0.15, 0.2) is 30.9 Å². The predicted molar refractivity (Wildman–Crippen MR) is 74.4 cm³/mol. The molecule has 106 valence electrons. The van der Waals surface area contributed by atoms with E-state index in [4.69, 9.17) is 11.6 Å². The Labute approximate surface area is 120 Å². The molecule has 20 heavy (non-hydrogen) atoms. The summed E-state index contributed by atoms with van der Waals surface area (Å²) >= 11 is 5.72. The van der Waals surface area contributed by atoms with Gasteiger partial charge in [-0.25, -0.2) is 14.1 Å². The first-order valence-corrected chi connectivity index (χ1v) is 6.49. The average Bonchev–Trinajstić information content (AvgIpc) is 2.92. The molecule has 1 N–H and O–H groups in total. The Kier molecular flexibility index (Phi) is 4.04. The number of nitrogens with zero attached hydrogens (tertiary/aromatic N) is 3. The summed E-state index contributed by atoms with van der Waals surface area (Å²) < 4.78 is 15.3. The third-order valence-corrected chi connectivity index (χ3v) is 3.49. The largest absolute Gasteiger partial charge is 0.325 e. The van der Waals surface area contributed by atoms with Gasteiger partial charge in [0.15, 0.2) is 5.82 Å². The maximum absolute atomic E-state index is 14.0. The summed E-state index contributed by atoms with van der Waals surface area (Å²) in [5.41, 5.74) is -0.0885. The van der Waals surface area contributed by atoms with E-state index in [9.17, 15) is 9.18 Å². The van der Waals surface area contributed by atoms with Gasteiger partial charge in [0.05, 0.1) is 5.41 Å². The van der Waals surface area contributed by atoms with E-state index in [1.165, 1.54) is 29.5 Å². The zero-order valence-electron chi connectivity index (χ0n) is 11.1. The highest BCUT2D eigenvalue weighted by molar-refractivity contribution is 6.20. The molecule has 0 bridgehead atoms. The molecule has 2 aromatic rings. The van der Waals surface area contributed by atoms with Crippen molar-refractivity contribution in [3.05, 3.63) is 36.7 Å². The Morgan fingerprint density at radius 2 is 2.25 bits per heavy atom. The second kappa shape index (κ2) is 5.58. The molecule has 5 nitrogen and oxygen atoms in total. The number of hydrogen-bond acceptors (Lipinski definition) is 3. The Hall–Kier alpha value is -1.95. The minimum Gasteiger partial charge on any atom is -0.325 e.